The second-order valence-electron chi connectivity index (χ2n) is 3.75. The summed E-state index contributed by atoms with van der Waals surface area (Å²) in [6.07, 6.45) is 3.60. The number of amides is 1. The Morgan fingerprint density at radius 3 is 3.31 bits per heavy atom. The average molecular weight is 240 g/mol. The number of aryl methyl sites for hydroxylation is 1. The van der Waals surface area contributed by atoms with Gasteiger partial charge in [-0.1, -0.05) is 0 Å². The summed E-state index contributed by atoms with van der Waals surface area (Å²) < 4.78 is 1.91. The lowest BCUT2D eigenvalue weighted by Crippen LogP contribution is -2.48. The van der Waals surface area contributed by atoms with E-state index in [1.807, 2.05) is 29.6 Å². The molecule has 1 aromatic heterocycles. The third-order valence-electron chi connectivity index (χ3n) is 2.58. The molecule has 16 heavy (non-hydrogen) atoms. The zero-order chi connectivity index (χ0) is 11.4. The van der Waals surface area contributed by atoms with Crippen molar-refractivity contribution in [2.24, 2.45) is 7.05 Å². The molecule has 2 N–H and O–H groups in total. The molecule has 1 aromatic rings. The molecule has 88 valence electrons. The molecule has 6 heteroatoms. The van der Waals surface area contributed by atoms with Gasteiger partial charge in [0.05, 0.1) is 12.6 Å². The number of nitrogens with zero attached hydrogens (tertiary/aromatic N) is 2. The van der Waals surface area contributed by atoms with Crippen LogP contribution in [-0.4, -0.2) is 39.6 Å². The van der Waals surface area contributed by atoms with Gasteiger partial charge in [-0.15, -0.1) is 0 Å². The van der Waals surface area contributed by atoms with E-state index in [1.165, 1.54) is 0 Å². The predicted octanol–water partition coefficient (Wildman–Crippen LogP) is -0.259. The van der Waals surface area contributed by atoms with Crippen LogP contribution in [0.4, 0.5) is 0 Å². The van der Waals surface area contributed by atoms with Crippen molar-refractivity contribution in [1.29, 1.82) is 0 Å². The van der Waals surface area contributed by atoms with E-state index in [2.05, 4.69) is 15.6 Å². The maximum atomic E-state index is 11.8. The number of nitrogens with one attached hydrogen (secondary N) is 2. The first-order valence-electron chi connectivity index (χ1n) is 5.32. The number of aromatic nitrogens is 2. The molecule has 2 rings (SSSR count). The average Bonchev–Trinajstić information content (AvgIpc) is 2.73. The van der Waals surface area contributed by atoms with E-state index in [9.17, 15) is 4.79 Å². The normalized spacial score (nSPS) is 20.7. The van der Waals surface area contributed by atoms with Gasteiger partial charge in [-0.05, 0) is 0 Å². The second-order valence-corrected chi connectivity index (χ2v) is 4.90. The van der Waals surface area contributed by atoms with Crippen molar-refractivity contribution >= 4 is 17.7 Å². The molecule has 1 amide bonds. The first-order valence-corrected chi connectivity index (χ1v) is 6.48. The molecule has 0 spiro atoms. The highest BCUT2D eigenvalue weighted by atomic mass is 32.2. The molecule has 1 aliphatic heterocycles. The number of hydrogen-bond acceptors (Lipinski definition) is 4. The third kappa shape index (κ3) is 2.76. The summed E-state index contributed by atoms with van der Waals surface area (Å²) in [5, 5.41) is 6.10. The molecule has 1 aliphatic rings. The fraction of sp³-hybridized carbons (Fsp3) is 0.600. The highest BCUT2D eigenvalue weighted by molar-refractivity contribution is 7.99. The van der Waals surface area contributed by atoms with Crippen molar-refractivity contribution in [1.82, 2.24) is 20.2 Å². The van der Waals surface area contributed by atoms with Crippen LogP contribution in [0.1, 0.15) is 5.82 Å². The molecular weight excluding hydrogens is 224 g/mol. The van der Waals surface area contributed by atoms with Gasteiger partial charge in [0.25, 0.3) is 0 Å². The first-order chi connectivity index (χ1) is 7.77. The Kier molecular flexibility index (Phi) is 3.84. The molecule has 0 aromatic carbocycles. The lowest BCUT2D eigenvalue weighted by Gasteiger charge is -2.22. The van der Waals surface area contributed by atoms with E-state index >= 15 is 0 Å². The van der Waals surface area contributed by atoms with Crippen LogP contribution in [0.2, 0.25) is 0 Å². The minimum absolute atomic E-state index is 0.0565. The Hall–Kier alpha value is -1.01. The molecule has 0 radical (unpaired) electrons. The van der Waals surface area contributed by atoms with Gasteiger partial charge in [-0.3, -0.25) is 4.79 Å². The van der Waals surface area contributed by atoms with Crippen LogP contribution in [0.15, 0.2) is 12.4 Å². The second kappa shape index (κ2) is 5.36. The minimum atomic E-state index is -0.0565. The lowest BCUT2D eigenvalue weighted by atomic mass is 10.3. The highest BCUT2D eigenvalue weighted by Crippen LogP contribution is 2.07. The minimum Gasteiger partial charge on any atom is -0.347 e. The molecular formula is C10H16N4OS. The fourth-order valence-corrected chi connectivity index (χ4v) is 2.52. The van der Waals surface area contributed by atoms with Gasteiger partial charge in [0, 0.05) is 37.5 Å². The Bertz CT molecular complexity index is 359. The number of thioether (sulfide) groups is 1. The topological polar surface area (TPSA) is 59.0 Å². The first kappa shape index (κ1) is 11.5. The van der Waals surface area contributed by atoms with Crippen LogP contribution in [-0.2, 0) is 18.4 Å². The number of imidazole rings is 1. The largest absolute Gasteiger partial charge is 0.347 e. The van der Waals surface area contributed by atoms with Gasteiger partial charge < -0.3 is 15.2 Å². The van der Waals surface area contributed by atoms with Crippen molar-refractivity contribution in [2.75, 3.05) is 18.1 Å². The standard InChI is InChI=1S/C10H16N4OS/c1-14-4-2-12-9(14)6-13-10(15)8-7-16-5-3-11-8/h2,4,8,11H,3,5-7H2,1H3,(H,13,15). The maximum Gasteiger partial charge on any atom is 0.238 e. The van der Waals surface area contributed by atoms with Crippen molar-refractivity contribution < 1.29 is 4.79 Å². The van der Waals surface area contributed by atoms with E-state index in [0.717, 1.165) is 23.9 Å². The molecule has 2 heterocycles. The molecule has 1 unspecified atom stereocenters. The SMILES string of the molecule is Cn1ccnc1CNC(=O)C1CSCCN1. The summed E-state index contributed by atoms with van der Waals surface area (Å²) in [4.78, 5) is 15.9. The Labute approximate surface area is 99.0 Å². The molecule has 5 nitrogen and oxygen atoms in total. The van der Waals surface area contributed by atoms with Crippen molar-refractivity contribution in [3.8, 4) is 0 Å². The molecule has 0 bridgehead atoms. The summed E-state index contributed by atoms with van der Waals surface area (Å²) >= 11 is 1.81. The summed E-state index contributed by atoms with van der Waals surface area (Å²) in [5.74, 6) is 2.88. The third-order valence-corrected chi connectivity index (χ3v) is 3.64. The van der Waals surface area contributed by atoms with E-state index in [0.29, 0.717) is 6.54 Å². The van der Waals surface area contributed by atoms with Crippen LogP contribution in [0, 0.1) is 0 Å². The quantitative estimate of drug-likeness (QED) is 0.764. The van der Waals surface area contributed by atoms with Gasteiger partial charge in [-0.25, -0.2) is 4.98 Å². The van der Waals surface area contributed by atoms with Gasteiger partial charge in [0.15, 0.2) is 0 Å². The summed E-state index contributed by atoms with van der Waals surface area (Å²) in [6, 6.07) is -0.0565. The van der Waals surface area contributed by atoms with E-state index < -0.39 is 0 Å². The van der Waals surface area contributed by atoms with Gasteiger partial charge in [0.2, 0.25) is 5.91 Å². The van der Waals surface area contributed by atoms with Crippen LogP contribution in [0.5, 0.6) is 0 Å². The van der Waals surface area contributed by atoms with Gasteiger partial charge in [-0.2, -0.15) is 11.8 Å². The smallest absolute Gasteiger partial charge is 0.238 e. The van der Waals surface area contributed by atoms with Crippen LogP contribution < -0.4 is 10.6 Å². The van der Waals surface area contributed by atoms with Crippen molar-refractivity contribution in [2.45, 2.75) is 12.6 Å². The molecule has 1 saturated heterocycles. The fourth-order valence-electron chi connectivity index (χ4n) is 1.59. The monoisotopic (exact) mass is 240 g/mol. The summed E-state index contributed by atoms with van der Waals surface area (Å²) in [6.45, 7) is 1.40. The molecule has 0 saturated carbocycles. The van der Waals surface area contributed by atoms with Crippen molar-refractivity contribution in [3.05, 3.63) is 18.2 Å². The zero-order valence-electron chi connectivity index (χ0n) is 9.27. The molecule has 0 aliphatic carbocycles. The maximum absolute atomic E-state index is 11.8. The van der Waals surface area contributed by atoms with E-state index in [-0.39, 0.29) is 11.9 Å². The van der Waals surface area contributed by atoms with Gasteiger partial charge >= 0.3 is 0 Å². The Balaban J connectivity index is 1.81. The Morgan fingerprint density at radius 1 is 1.81 bits per heavy atom. The summed E-state index contributed by atoms with van der Waals surface area (Å²) in [7, 11) is 1.92. The van der Waals surface area contributed by atoms with Crippen LogP contribution in [0.25, 0.3) is 0 Å². The number of carbonyl (C=O) groups is 1. The summed E-state index contributed by atoms with van der Waals surface area (Å²) in [5.41, 5.74) is 0. The van der Waals surface area contributed by atoms with Gasteiger partial charge in [0.1, 0.15) is 5.82 Å². The van der Waals surface area contributed by atoms with Crippen LogP contribution >= 0.6 is 11.8 Å². The predicted molar refractivity (Wildman–Crippen MR) is 64.2 cm³/mol. The lowest BCUT2D eigenvalue weighted by molar-refractivity contribution is -0.122. The van der Waals surface area contributed by atoms with Crippen molar-refractivity contribution in [3.63, 3.8) is 0 Å². The van der Waals surface area contributed by atoms with Crippen LogP contribution in [0.3, 0.4) is 0 Å². The Morgan fingerprint density at radius 2 is 2.69 bits per heavy atom. The zero-order valence-corrected chi connectivity index (χ0v) is 10.1. The highest BCUT2D eigenvalue weighted by Gasteiger charge is 2.20. The molecule has 1 fully saturated rings. The number of carbonyl (C=O) groups excluding carboxylic acids is 1. The number of rotatable bonds is 3. The molecule has 1 atom stereocenters. The van der Waals surface area contributed by atoms with E-state index in [1.54, 1.807) is 6.20 Å². The van der Waals surface area contributed by atoms with E-state index in [4.69, 9.17) is 0 Å². The number of hydrogen-bond donors (Lipinski definition) is 2.